The fourth-order valence-corrected chi connectivity index (χ4v) is 2.41. The highest BCUT2D eigenvalue weighted by Crippen LogP contribution is 2.20. The number of tetrazole rings is 1. The molecular formula is C13H26N6OS. The van der Waals surface area contributed by atoms with E-state index in [4.69, 9.17) is 0 Å². The van der Waals surface area contributed by atoms with Gasteiger partial charge in [-0.3, -0.25) is 4.79 Å². The zero-order chi connectivity index (χ0) is 15.7. The molecule has 1 rings (SSSR count). The smallest absolute Gasteiger partial charge is 0.233 e. The summed E-state index contributed by atoms with van der Waals surface area (Å²) in [6, 6.07) is 0.190. The Morgan fingerprint density at radius 2 is 2.10 bits per heavy atom. The van der Waals surface area contributed by atoms with E-state index < -0.39 is 0 Å². The topological polar surface area (TPSA) is 84.7 Å². The summed E-state index contributed by atoms with van der Waals surface area (Å²) in [4.78, 5) is 12.0. The standard InChI is InChI=1S/C13H26N6OS/c1-5-7-14-8-9-19-13(16-17-18-19)21-11(4)12(20)15-10(3)6-2/h10-11,14H,5-9H2,1-4H3,(H,15,20). The van der Waals surface area contributed by atoms with Crippen LogP contribution in [0.15, 0.2) is 5.16 Å². The van der Waals surface area contributed by atoms with Gasteiger partial charge in [0.1, 0.15) is 0 Å². The van der Waals surface area contributed by atoms with Gasteiger partial charge in [-0.05, 0) is 43.7 Å². The number of carbonyl (C=O) groups excluding carboxylic acids is 1. The fraction of sp³-hybridized carbons (Fsp3) is 0.846. The van der Waals surface area contributed by atoms with Crippen molar-refractivity contribution in [3.8, 4) is 0 Å². The molecule has 1 aromatic heterocycles. The maximum Gasteiger partial charge on any atom is 0.233 e. The number of nitrogens with zero attached hydrogens (tertiary/aromatic N) is 4. The lowest BCUT2D eigenvalue weighted by Gasteiger charge is -2.15. The summed E-state index contributed by atoms with van der Waals surface area (Å²) in [7, 11) is 0. The minimum absolute atomic E-state index is 0.0213. The van der Waals surface area contributed by atoms with Crippen LogP contribution in [0.25, 0.3) is 0 Å². The molecule has 8 heteroatoms. The molecule has 120 valence electrons. The van der Waals surface area contributed by atoms with E-state index in [-0.39, 0.29) is 17.2 Å². The SMILES string of the molecule is CCCNCCn1nnnc1SC(C)C(=O)NC(C)CC. The molecule has 1 aromatic rings. The van der Waals surface area contributed by atoms with E-state index in [2.05, 4.69) is 33.1 Å². The van der Waals surface area contributed by atoms with Crippen LogP contribution in [0.2, 0.25) is 0 Å². The summed E-state index contributed by atoms with van der Waals surface area (Å²) < 4.78 is 1.74. The summed E-state index contributed by atoms with van der Waals surface area (Å²) >= 11 is 1.39. The summed E-state index contributed by atoms with van der Waals surface area (Å²) in [5.74, 6) is 0.0213. The molecule has 0 aliphatic carbocycles. The van der Waals surface area contributed by atoms with Crippen LogP contribution in [-0.2, 0) is 11.3 Å². The van der Waals surface area contributed by atoms with Crippen LogP contribution in [0.4, 0.5) is 0 Å². The first-order valence-electron chi connectivity index (χ1n) is 7.52. The summed E-state index contributed by atoms with van der Waals surface area (Å²) in [5.41, 5.74) is 0. The van der Waals surface area contributed by atoms with E-state index in [9.17, 15) is 4.79 Å². The predicted octanol–water partition coefficient (Wildman–Crippen LogP) is 1.07. The quantitative estimate of drug-likeness (QED) is 0.496. The van der Waals surface area contributed by atoms with Gasteiger partial charge in [-0.25, -0.2) is 4.68 Å². The molecule has 21 heavy (non-hydrogen) atoms. The van der Waals surface area contributed by atoms with E-state index in [0.717, 1.165) is 25.9 Å². The molecule has 0 saturated carbocycles. The van der Waals surface area contributed by atoms with Gasteiger partial charge in [-0.1, -0.05) is 25.6 Å². The number of aromatic nitrogens is 4. The molecule has 0 bridgehead atoms. The molecule has 1 heterocycles. The van der Waals surface area contributed by atoms with Crippen LogP contribution in [0, 0.1) is 0 Å². The second kappa shape index (κ2) is 9.73. The number of amides is 1. The van der Waals surface area contributed by atoms with Crippen molar-refractivity contribution >= 4 is 17.7 Å². The molecule has 0 aromatic carbocycles. The highest BCUT2D eigenvalue weighted by Gasteiger charge is 2.19. The van der Waals surface area contributed by atoms with E-state index in [1.807, 2.05) is 20.8 Å². The fourth-order valence-electron chi connectivity index (χ4n) is 1.58. The average Bonchev–Trinajstić information content (AvgIpc) is 2.90. The van der Waals surface area contributed by atoms with E-state index in [0.29, 0.717) is 11.7 Å². The van der Waals surface area contributed by atoms with Crippen LogP contribution in [0.5, 0.6) is 0 Å². The molecule has 0 fully saturated rings. The predicted molar refractivity (Wildman–Crippen MR) is 84.2 cm³/mol. The Bertz CT molecular complexity index is 425. The van der Waals surface area contributed by atoms with Gasteiger partial charge in [-0.2, -0.15) is 0 Å². The first kappa shape index (κ1) is 17.9. The second-order valence-corrected chi connectivity index (χ2v) is 6.32. The van der Waals surface area contributed by atoms with Gasteiger partial charge in [0, 0.05) is 12.6 Å². The number of rotatable bonds is 10. The lowest BCUT2D eigenvalue weighted by atomic mass is 10.2. The Labute approximate surface area is 130 Å². The third-order valence-electron chi connectivity index (χ3n) is 3.08. The van der Waals surface area contributed by atoms with Crippen molar-refractivity contribution in [3.63, 3.8) is 0 Å². The largest absolute Gasteiger partial charge is 0.353 e. The van der Waals surface area contributed by atoms with E-state index >= 15 is 0 Å². The minimum atomic E-state index is -0.215. The molecule has 2 unspecified atom stereocenters. The lowest BCUT2D eigenvalue weighted by molar-refractivity contribution is -0.120. The normalized spacial score (nSPS) is 13.9. The Kier molecular flexibility index (Phi) is 8.29. The molecular weight excluding hydrogens is 288 g/mol. The molecule has 0 aliphatic rings. The molecule has 7 nitrogen and oxygen atoms in total. The zero-order valence-electron chi connectivity index (χ0n) is 13.3. The monoisotopic (exact) mass is 314 g/mol. The van der Waals surface area contributed by atoms with Gasteiger partial charge < -0.3 is 10.6 Å². The number of nitrogens with one attached hydrogen (secondary N) is 2. The number of carbonyl (C=O) groups is 1. The van der Waals surface area contributed by atoms with Gasteiger partial charge in [-0.15, -0.1) is 5.10 Å². The van der Waals surface area contributed by atoms with Gasteiger partial charge in [0.05, 0.1) is 11.8 Å². The number of hydrogen-bond donors (Lipinski definition) is 2. The van der Waals surface area contributed by atoms with Crippen molar-refractivity contribution < 1.29 is 4.79 Å². The second-order valence-electron chi connectivity index (χ2n) is 5.01. The van der Waals surface area contributed by atoms with Crippen molar-refractivity contribution in [1.82, 2.24) is 30.8 Å². The van der Waals surface area contributed by atoms with E-state index in [1.165, 1.54) is 11.8 Å². The highest BCUT2D eigenvalue weighted by atomic mass is 32.2. The number of thioether (sulfide) groups is 1. The summed E-state index contributed by atoms with van der Waals surface area (Å²) in [5, 5.41) is 18.4. The third-order valence-corrected chi connectivity index (χ3v) is 4.15. The van der Waals surface area contributed by atoms with Crippen molar-refractivity contribution in [2.45, 2.75) is 63.5 Å². The van der Waals surface area contributed by atoms with E-state index in [1.54, 1.807) is 4.68 Å². The van der Waals surface area contributed by atoms with Gasteiger partial charge in [0.15, 0.2) is 0 Å². The van der Waals surface area contributed by atoms with Crippen molar-refractivity contribution in [3.05, 3.63) is 0 Å². The Morgan fingerprint density at radius 3 is 2.76 bits per heavy atom. The Morgan fingerprint density at radius 1 is 1.33 bits per heavy atom. The Balaban J connectivity index is 2.47. The van der Waals surface area contributed by atoms with Crippen LogP contribution >= 0.6 is 11.8 Å². The molecule has 0 saturated heterocycles. The van der Waals surface area contributed by atoms with Crippen LogP contribution in [-0.4, -0.2) is 50.5 Å². The van der Waals surface area contributed by atoms with Gasteiger partial charge >= 0.3 is 0 Å². The molecule has 1 amide bonds. The molecule has 2 N–H and O–H groups in total. The molecule has 0 spiro atoms. The minimum Gasteiger partial charge on any atom is -0.353 e. The summed E-state index contributed by atoms with van der Waals surface area (Å²) in [6.07, 6.45) is 2.02. The first-order chi connectivity index (χ1) is 10.1. The lowest BCUT2D eigenvalue weighted by Crippen LogP contribution is -2.37. The zero-order valence-corrected chi connectivity index (χ0v) is 14.1. The van der Waals surface area contributed by atoms with Gasteiger partial charge in [0.25, 0.3) is 0 Å². The van der Waals surface area contributed by atoms with Crippen LogP contribution in [0.1, 0.15) is 40.5 Å². The first-order valence-corrected chi connectivity index (χ1v) is 8.40. The molecule has 2 atom stereocenters. The van der Waals surface area contributed by atoms with Crippen LogP contribution < -0.4 is 10.6 Å². The maximum absolute atomic E-state index is 12.0. The Hall–Kier alpha value is -1.15. The third kappa shape index (κ3) is 6.43. The average molecular weight is 314 g/mol. The molecule has 0 radical (unpaired) electrons. The van der Waals surface area contributed by atoms with Crippen molar-refractivity contribution in [2.24, 2.45) is 0 Å². The van der Waals surface area contributed by atoms with Crippen LogP contribution in [0.3, 0.4) is 0 Å². The highest BCUT2D eigenvalue weighted by molar-refractivity contribution is 8.00. The molecule has 0 aliphatic heterocycles. The van der Waals surface area contributed by atoms with Crippen molar-refractivity contribution in [2.75, 3.05) is 13.1 Å². The van der Waals surface area contributed by atoms with Crippen molar-refractivity contribution in [1.29, 1.82) is 0 Å². The number of hydrogen-bond acceptors (Lipinski definition) is 6. The van der Waals surface area contributed by atoms with Gasteiger partial charge in [0.2, 0.25) is 11.1 Å². The maximum atomic E-state index is 12.0. The summed E-state index contributed by atoms with van der Waals surface area (Å²) in [6.45, 7) is 10.6.